The molecule has 2 N–H and O–H groups in total. The average Bonchev–Trinajstić information content (AvgIpc) is 2.64. The minimum Gasteiger partial charge on any atom is -0.491 e. The number of ether oxygens (including phenoxy) is 1. The van der Waals surface area contributed by atoms with Gasteiger partial charge in [0.25, 0.3) is 5.91 Å². The van der Waals surface area contributed by atoms with E-state index in [1.807, 2.05) is 18.2 Å². The van der Waals surface area contributed by atoms with Crippen molar-refractivity contribution in [1.29, 1.82) is 0 Å². The van der Waals surface area contributed by atoms with Crippen LogP contribution in [0.4, 0.5) is 4.39 Å². The third kappa shape index (κ3) is 4.34. The third-order valence-corrected chi connectivity index (χ3v) is 3.90. The van der Waals surface area contributed by atoms with Crippen LogP contribution in [0.15, 0.2) is 54.6 Å². The molecular formula is C20H19FN2O3. The Morgan fingerprint density at radius 2 is 2.00 bits per heavy atom. The fourth-order valence-corrected chi connectivity index (χ4v) is 2.54. The van der Waals surface area contributed by atoms with Crippen LogP contribution in [0.2, 0.25) is 0 Å². The summed E-state index contributed by atoms with van der Waals surface area (Å²) >= 11 is 0. The number of amides is 1. The number of aliphatic hydroxyl groups is 1. The highest BCUT2D eigenvalue weighted by Crippen LogP contribution is 2.17. The Kier molecular flexibility index (Phi) is 5.43. The fraction of sp³-hybridized carbons (Fsp3) is 0.200. The van der Waals surface area contributed by atoms with Crippen molar-refractivity contribution in [3.63, 3.8) is 0 Å². The molecule has 2 aromatic carbocycles. The number of rotatable bonds is 6. The molecule has 6 heteroatoms. The molecule has 0 fully saturated rings. The first-order valence-corrected chi connectivity index (χ1v) is 8.24. The van der Waals surface area contributed by atoms with Gasteiger partial charge in [0, 0.05) is 18.0 Å². The number of carbonyl (C=O) groups is 1. The van der Waals surface area contributed by atoms with Crippen molar-refractivity contribution >= 4 is 16.8 Å². The number of nitrogens with one attached hydrogen (secondary N) is 1. The number of aryl methyl sites for hydroxylation is 1. The van der Waals surface area contributed by atoms with E-state index in [1.54, 1.807) is 31.2 Å². The van der Waals surface area contributed by atoms with E-state index < -0.39 is 6.10 Å². The predicted molar refractivity (Wildman–Crippen MR) is 96.7 cm³/mol. The van der Waals surface area contributed by atoms with Crippen LogP contribution in [0.3, 0.4) is 0 Å². The normalized spacial score (nSPS) is 12.0. The summed E-state index contributed by atoms with van der Waals surface area (Å²) in [5, 5.41) is 13.3. The highest BCUT2D eigenvalue weighted by molar-refractivity contribution is 5.98. The number of pyridine rings is 1. The summed E-state index contributed by atoms with van der Waals surface area (Å²) in [6.07, 6.45) is -0.845. The number of halogens is 1. The summed E-state index contributed by atoms with van der Waals surface area (Å²) in [6.45, 7) is 1.80. The highest BCUT2D eigenvalue weighted by atomic mass is 19.1. The van der Waals surface area contributed by atoms with Gasteiger partial charge in [-0.25, -0.2) is 4.39 Å². The SMILES string of the molecule is Cc1nc2cc(F)ccc2cc1C(=O)NC[C@H](O)COc1ccccc1. The zero-order valence-corrected chi connectivity index (χ0v) is 14.3. The van der Waals surface area contributed by atoms with Gasteiger partial charge in [-0.05, 0) is 37.3 Å². The van der Waals surface area contributed by atoms with Gasteiger partial charge in [-0.2, -0.15) is 0 Å². The number of para-hydroxylation sites is 1. The number of nitrogens with zero attached hydrogens (tertiary/aromatic N) is 1. The van der Waals surface area contributed by atoms with Crippen LogP contribution in [-0.2, 0) is 0 Å². The van der Waals surface area contributed by atoms with Gasteiger partial charge in [0.1, 0.15) is 24.3 Å². The first-order chi connectivity index (χ1) is 12.5. The van der Waals surface area contributed by atoms with Crippen LogP contribution in [0.25, 0.3) is 10.9 Å². The van der Waals surface area contributed by atoms with Crippen molar-refractivity contribution in [2.45, 2.75) is 13.0 Å². The quantitative estimate of drug-likeness (QED) is 0.714. The lowest BCUT2D eigenvalue weighted by molar-refractivity contribution is 0.0843. The minimum absolute atomic E-state index is 0.0482. The van der Waals surface area contributed by atoms with Crippen molar-refractivity contribution in [3.8, 4) is 5.75 Å². The topological polar surface area (TPSA) is 71.5 Å². The lowest BCUT2D eigenvalue weighted by atomic mass is 10.1. The lowest BCUT2D eigenvalue weighted by Crippen LogP contribution is -2.35. The fourth-order valence-electron chi connectivity index (χ4n) is 2.54. The van der Waals surface area contributed by atoms with Crippen molar-refractivity contribution in [1.82, 2.24) is 10.3 Å². The standard InChI is InChI=1S/C20H19FN2O3/c1-13-18(9-14-7-8-15(21)10-19(14)23-13)20(25)22-11-16(24)12-26-17-5-3-2-4-6-17/h2-10,16,24H,11-12H2,1H3,(H,22,25)/t16-/m0/s1. The summed E-state index contributed by atoms with van der Waals surface area (Å²) in [5.74, 6) is -0.0668. The average molecular weight is 354 g/mol. The highest BCUT2D eigenvalue weighted by Gasteiger charge is 2.14. The van der Waals surface area contributed by atoms with E-state index in [0.717, 1.165) is 0 Å². The first kappa shape index (κ1) is 17.8. The number of hydrogen-bond acceptors (Lipinski definition) is 4. The molecule has 0 unspecified atom stereocenters. The Morgan fingerprint density at radius 3 is 2.77 bits per heavy atom. The molecule has 0 aliphatic carbocycles. The maximum atomic E-state index is 13.3. The van der Waals surface area contributed by atoms with Gasteiger partial charge in [0.15, 0.2) is 0 Å². The van der Waals surface area contributed by atoms with Gasteiger partial charge >= 0.3 is 0 Å². The second-order valence-electron chi connectivity index (χ2n) is 5.95. The molecule has 0 aliphatic rings. The molecule has 0 radical (unpaired) electrons. The van der Waals surface area contributed by atoms with Gasteiger partial charge in [-0.3, -0.25) is 9.78 Å². The van der Waals surface area contributed by atoms with E-state index in [1.165, 1.54) is 12.1 Å². The zero-order chi connectivity index (χ0) is 18.5. The Balaban J connectivity index is 1.60. The van der Waals surface area contributed by atoms with Crippen LogP contribution < -0.4 is 10.1 Å². The molecule has 3 aromatic rings. The number of carbonyl (C=O) groups excluding carboxylic acids is 1. The molecule has 3 rings (SSSR count). The molecule has 0 saturated carbocycles. The van der Waals surface area contributed by atoms with Crippen molar-refractivity contribution < 1.29 is 19.0 Å². The third-order valence-electron chi connectivity index (χ3n) is 3.90. The molecule has 1 atom stereocenters. The Hall–Kier alpha value is -2.99. The van der Waals surface area contributed by atoms with Gasteiger partial charge in [0.2, 0.25) is 0 Å². The first-order valence-electron chi connectivity index (χ1n) is 8.24. The van der Waals surface area contributed by atoms with E-state index in [4.69, 9.17) is 4.74 Å². The summed E-state index contributed by atoms with van der Waals surface area (Å²) in [5.41, 5.74) is 1.38. The molecule has 1 heterocycles. The Morgan fingerprint density at radius 1 is 1.23 bits per heavy atom. The summed E-state index contributed by atoms with van der Waals surface area (Å²) in [6, 6.07) is 15.0. The second kappa shape index (κ2) is 7.93. The smallest absolute Gasteiger partial charge is 0.253 e. The van der Waals surface area contributed by atoms with Crippen molar-refractivity contribution in [3.05, 3.63) is 71.7 Å². The maximum absolute atomic E-state index is 13.3. The molecule has 0 bridgehead atoms. The van der Waals surface area contributed by atoms with Crippen molar-refractivity contribution in [2.24, 2.45) is 0 Å². The van der Waals surface area contributed by atoms with Crippen LogP contribution in [-0.4, -0.2) is 35.3 Å². The molecule has 5 nitrogen and oxygen atoms in total. The molecule has 134 valence electrons. The number of benzene rings is 2. The van der Waals surface area contributed by atoms with Gasteiger partial charge < -0.3 is 15.2 Å². The van der Waals surface area contributed by atoms with E-state index in [2.05, 4.69) is 10.3 Å². The second-order valence-corrected chi connectivity index (χ2v) is 5.95. The maximum Gasteiger partial charge on any atom is 0.253 e. The van der Waals surface area contributed by atoms with Crippen molar-refractivity contribution in [2.75, 3.05) is 13.2 Å². The van der Waals surface area contributed by atoms with E-state index >= 15 is 0 Å². The van der Waals surface area contributed by atoms with Gasteiger partial charge in [0.05, 0.1) is 16.8 Å². The van der Waals surface area contributed by atoms with E-state index in [9.17, 15) is 14.3 Å². The summed E-state index contributed by atoms with van der Waals surface area (Å²) in [7, 11) is 0. The number of hydrogen-bond donors (Lipinski definition) is 2. The molecule has 1 aromatic heterocycles. The summed E-state index contributed by atoms with van der Waals surface area (Å²) in [4.78, 5) is 16.7. The van der Waals surface area contributed by atoms with Crippen LogP contribution in [0, 0.1) is 12.7 Å². The lowest BCUT2D eigenvalue weighted by Gasteiger charge is -2.14. The molecule has 0 aliphatic heterocycles. The minimum atomic E-state index is -0.845. The van der Waals surface area contributed by atoms with Gasteiger partial charge in [-0.1, -0.05) is 18.2 Å². The number of fused-ring (bicyclic) bond motifs is 1. The predicted octanol–water partition coefficient (Wildman–Crippen LogP) is 2.85. The Labute approximate surface area is 150 Å². The Bertz CT molecular complexity index is 916. The van der Waals surface area contributed by atoms with Gasteiger partial charge in [-0.15, -0.1) is 0 Å². The molecule has 1 amide bonds. The van der Waals surface area contributed by atoms with Crippen LogP contribution in [0.1, 0.15) is 16.1 Å². The molecular weight excluding hydrogens is 335 g/mol. The molecule has 0 saturated heterocycles. The van der Waals surface area contributed by atoms with E-state index in [0.29, 0.717) is 27.9 Å². The van der Waals surface area contributed by atoms with Crippen LogP contribution >= 0.6 is 0 Å². The van der Waals surface area contributed by atoms with Crippen LogP contribution in [0.5, 0.6) is 5.75 Å². The number of aliphatic hydroxyl groups excluding tert-OH is 1. The summed E-state index contributed by atoms with van der Waals surface area (Å²) < 4.78 is 18.7. The molecule has 0 spiro atoms. The van der Waals surface area contributed by atoms with E-state index in [-0.39, 0.29) is 24.9 Å². The zero-order valence-electron chi connectivity index (χ0n) is 14.3. The monoisotopic (exact) mass is 354 g/mol. The largest absolute Gasteiger partial charge is 0.491 e. The number of aromatic nitrogens is 1. The molecule has 26 heavy (non-hydrogen) atoms.